The van der Waals surface area contributed by atoms with E-state index in [0.717, 1.165) is 45.3 Å². The predicted octanol–water partition coefficient (Wildman–Crippen LogP) is 14.2. The Labute approximate surface area is 353 Å². The number of anilines is 6. The Hall–Kier alpha value is -7.47. The molecule has 0 radical (unpaired) electrons. The van der Waals surface area contributed by atoms with Crippen molar-refractivity contribution < 1.29 is 0 Å². The third-order valence-electron chi connectivity index (χ3n) is 12.7. The van der Waals surface area contributed by atoms with Crippen molar-refractivity contribution >= 4 is 46.4 Å². The number of aryl methyl sites for hydroxylation is 2. The van der Waals surface area contributed by atoms with Crippen LogP contribution in [0.4, 0.5) is 34.1 Å². The Kier molecular flexibility index (Phi) is 8.96. The van der Waals surface area contributed by atoms with Gasteiger partial charge in [-0.3, -0.25) is 0 Å². The van der Waals surface area contributed by atoms with Crippen molar-refractivity contribution in [1.82, 2.24) is 0 Å². The highest BCUT2D eigenvalue weighted by molar-refractivity contribution is 5.96. The Morgan fingerprint density at radius 1 is 0.500 bits per heavy atom. The molecule has 7 aromatic rings. The van der Waals surface area contributed by atoms with Crippen LogP contribution in [0.15, 0.2) is 140 Å². The van der Waals surface area contributed by atoms with E-state index < -0.39 is 0 Å². The second-order valence-electron chi connectivity index (χ2n) is 17.1. The van der Waals surface area contributed by atoms with Crippen LogP contribution >= 0.6 is 0 Å². The maximum Gasteiger partial charge on any atom is 0.0991 e. The van der Waals surface area contributed by atoms with Gasteiger partial charge in [-0.1, -0.05) is 76.7 Å². The molecule has 1 N–H and O–H groups in total. The van der Waals surface area contributed by atoms with Crippen LogP contribution in [0.2, 0.25) is 0 Å². The second-order valence-corrected chi connectivity index (χ2v) is 17.1. The van der Waals surface area contributed by atoms with E-state index >= 15 is 0 Å². The van der Waals surface area contributed by atoms with Crippen molar-refractivity contribution in [1.29, 1.82) is 15.9 Å². The molecule has 7 aromatic carbocycles. The Morgan fingerprint density at radius 2 is 0.850 bits per heavy atom. The van der Waals surface area contributed by atoms with Crippen molar-refractivity contribution in [2.75, 3.05) is 9.80 Å². The summed E-state index contributed by atoms with van der Waals surface area (Å²) in [6.45, 7) is 18.0. The van der Waals surface area contributed by atoms with Gasteiger partial charge in [0.1, 0.15) is 0 Å². The molecule has 9 rings (SSSR count). The third-order valence-corrected chi connectivity index (χ3v) is 12.7. The van der Waals surface area contributed by atoms with E-state index in [1.165, 1.54) is 61.8 Å². The van der Waals surface area contributed by atoms with E-state index in [1.807, 2.05) is 66.7 Å². The normalized spacial score (nSPS) is 13.5. The molecule has 60 heavy (non-hydrogen) atoms. The molecule has 0 saturated heterocycles. The lowest BCUT2D eigenvalue weighted by Crippen LogP contribution is -2.24. The summed E-state index contributed by atoms with van der Waals surface area (Å²) in [5, 5.41) is 27.0. The van der Waals surface area contributed by atoms with Gasteiger partial charge in [-0.05, 0) is 178 Å². The van der Waals surface area contributed by atoms with Crippen molar-refractivity contribution in [3.63, 3.8) is 0 Å². The van der Waals surface area contributed by atoms with E-state index in [1.54, 1.807) is 0 Å². The Balaban J connectivity index is 1.19. The monoisotopic (exact) mass is 775 g/mol. The zero-order chi connectivity index (χ0) is 42.1. The number of nitrogens with zero attached hydrogens (tertiary/aromatic N) is 4. The molecule has 0 aromatic heterocycles. The van der Waals surface area contributed by atoms with Crippen LogP contribution in [0.3, 0.4) is 0 Å². The fourth-order valence-corrected chi connectivity index (χ4v) is 9.83. The summed E-state index contributed by atoms with van der Waals surface area (Å²) >= 11 is 0. The van der Waals surface area contributed by atoms with E-state index in [2.05, 4.69) is 143 Å². The van der Waals surface area contributed by atoms with Crippen LogP contribution in [-0.4, -0.2) is 6.21 Å². The summed E-state index contributed by atoms with van der Waals surface area (Å²) in [6, 6.07) is 50.7. The molecular weight excluding hydrogens is 731 g/mol. The topological polar surface area (TPSA) is 77.9 Å². The number of hydrogen-bond acceptors (Lipinski definition) is 5. The molecule has 0 spiro atoms. The molecule has 0 saturated carbocycles. The lowest BCUT2D eigenvalue weighted by Gasteiger charge is -2.32. The predicted molar refractivity (Wildman–Crippen MR) is 248 cm³/mol. The minimum absolute atomic E-state index is 0.318. The lowest BCUT2D eigenvalue weighted by atomic mass is 9.72. The molecule has 0 amide bonds. The van der Waals surface area contributed by atoms with Crippen molar-refractivity contribution in [2.45, 2.75) is 52.4 Å². The average molecular weight is 776 g/mol. The van der Waals surface area contributed by atoms with Gasteiger partial charge in [-0.15, -0.1) is 0 Å². The van der Waals surface area contributed by atoms with Crippen LogP contribution in [0.1, 0.15) is 83.3 Å². The third kappa shape index (κ3) is 5.85. The van der Waals surface area contributed by atoms with Gasteiger partial charge in [0.15, 0.2) is 0 Å². The molecule has 0 atom stereocenters. The van der Waals surface area contributed by atoms with Gasteiger partial charge in [0.2, 0.25) is 0 Å². The summed E-state index contributed by atoms with van der Waals surface area (Å²) in [4.78, 5) is 4.54. The van der Waals surface area contributed by atoms with Crippen LogP contribution in [0.5, 0.6) is 0 Å². The van der Waals surface area contributed by atoms with Crippen LogP contribution in [-0.2, 0) is 10.8 Å². The highest BCUT2D eigenvalue weighted by Crippen LogP contribution is 2.61. The summed E-state index contributed by atoms with van der Waals surface area (Å²) in [5.74, 6) is 0. The number of fused-ring (bicyclic) bond motifs is 7. The van der Waals surface area contributed by atoms with E-state index in [4.69, 9.17) is 5.41 Å². The molecular formula is C55H45N5. The standard InChI is InChI=1S/C55H45N5/c1-8-36-9-17-40(18-10-36)59(41-19-11-37(31-56)12-20-41)44-27-34(2)50-46-25-26-47-51-35(3)28-45(30-49(51)55(6,7)53(47)52(46)54(4,5)48(50)29-44)60(42-21-13-38(32-57)14-22-42)43-23-15-39(33-58)16-24-43/h8-30,32,57H,1H2,2-7H3. The lowest BCUT2D eigenvalue weighted by molar-refractivity contribution is 0.601. The molecule has 2 aliphatic carbocycles. The van der Waals surface area contributed by atoms with Gasteiger partial charge in [0.05, 0.1) is 23.3 Å². The van der Waals surface area contributed by atoms with Crippen LogP contribution in [0.25, 0.3) is 28.3 Å². The van der Waals surface area contributed by atoms with Gasteiger partial charge in [0.25, 0.3) is 0 Å². The smallest absolute Gasteiger partial charge is 0.0991 e. The number of benzene rings is 7. The average Bonchev–Trinajstić information content (AvgIpc) is 3.64. The van der Waals surface area contributed by atoms with Crippen molar-refractivity contribution in [2.24, 2.45) is 0 Å². The van der Waals surface area contributed by atoms with E-state index in [0.29, 0.717) is 11.1 Å². The maximum atomic E-state index is 9.60. The highest BCUT2D eigenvalue weighted by Gasteiger charge is 2.47. The quantitative estimate of drug-likeness (QED) is 0.156. The van der Waals surface area contributed by atoms with Crippen molar-refractivity contribution in [3.05, 3.63) is 196 Å². The Morgan fingerprint density at radius 3 is 1.18 bits per heavy atom. The molecule has 0 bridgehead atoms. The molecule has 0 heterocycles. The first-order chi connectivity index (χ1) is 28.9. The summed E-state index contributed by atoms with van der Waals surface area (Å²) in [7, 11) is 0. The summed E-state index contributed by atoms with van der Waals surface area (Å²) in [5.41, 5.74) is 21.5. The van der Waals surface area contributed by atoms with Crippen LogP contribution < -0.4 is 9.80 Å². The molecule has 290 valence electrons. The SMILES string of the molecule is C=Cc1ccc(N(c2ccc(C#N)cc2)c2cc(C)c3c(c2)C(C)(C)c2c-3ccc3c2C(C)(C)c2cc(N(c4ccc(C#N)cc4)c4ccc(C=N)cc4)cc(C)c2-3)cc1. The molecule has 2 aliphatic rings. The second kappa shape index (κ2) is 14.1. The number of rotatable bonds is 8. The zero-order valence-corrected chi connectivity index (χ0v) is 34.9. The van der Waals surface area contributed by atoms with Gasteiger partial charge < -0.3 is 15.2 Å². The molecule has 0 unspecified atom stereocenters. The van der Waals surface area contributed by atoms with Gasteiger partial charge in [-0.2, -0.15) is 10.5 Å². The molecule has 5 heteroatoms. The summed E-state index contributed by atoms with van der Waals surface area (Å²) in [6.07, 6.45) is 3.22. The minimum atomic E-state index is -0.325. The van der Waals surface area contributed by atoms with Crippen molar-refractivity contribution in [3.8, 4) is 34.4 Å². The number of nitrogens with one attached hydrogen (secondary N) is 1. The first kappa shape index (κ1) is 38.1. The van der Waals surface area contributed by atoms with Crippen LogP contribution in [0, 0.1) is 41.9 Å². The van der Waals surface area contributed by atoms with Gasteiger partial charge in [0, 0.05) is 51.2 Å². The van der Waals surface area contributed by atoms with E-state index in [9.17, 15) is 10.5 Å². The highest BCUT2D eigenvalue weighted by atomic mass is 15.1. The molecule has 5 nitrogen and oxygen atoms in total. The zero-order valence-electron chi connectivity index (χ0n) is 34.9. The first-order valence-corrected chi connectivity index (χ1v) is 20.3. The maximum absolute atomic E-state index is 9.60. The van der Waals surface area contributed by atoms with Gasteiger partial charge >= 0.3 is 0 Å². The number of nitriles is 2. The first-order valence-electron chi connectivity index (χ1n) is 20.3. The fraction of sp³-hybridized carbons (Fsp3) is 0.145. The summed E-state index contributed by atoms with van der Waals surface area (Å²) < 4.78 is 0. The Bertz CT molecular complexity index is 2770. The van der Waals surface area contributed by atoms with Gasteiger partial charge in [-0.25, -0.2) is 0 Å². The van der Waals surface area contributed by atoms with E-state index in [-0.39, 0.29) is 10.8 Å². The fourth-order valence-electron chi connectivity index (χ4n) is 9.83. The molecule has 0 aliphatic heterocycles. The molecule has 0 fully saturated rings. The number of hydrogen-bond donors (Lipinski definition) is 1. The largest absolute Gasteiger partial charge is 0.310 e. The minimum Gasteiger partial charge on any atom is -0.310 e.